The number of benzene rings is 1. The Morgan fingerprint density at radius 2 is 1.65 bits per heavy atom. The first-order valence-electron chi connectivity index (χ1n) is 7.68. The summed E-state index contributed by atoms with van der Waals surface area (Å²) in [7, 11) is 5.31. The minimum absolute atomic E-state index is 0.0440. The smallest absolute Gasteiger partial charge is 0.313 e. The van der Waals surface area contributed by atoms with Gasteiger partial charge in [-0.1, -0.05) is 0 Å². The van der Waals surface area contributed by atoms with E-state index in [0.717, 1.165) is 5.69 Å². The Morgan fingerprint density at radius 3 is 2.09 bits per heavy atom. The van der Waals surface area contributed by atoms with Gasteiger partial charge < -0.3 is 19.9 Å². The quantitative estimate of drug-likeness (QED) is 0.846. The number of carbonyl (C=O) groups is 2. The van der Waals surface area contributed by atoms with Crippen LogP contribution in [-0.2, 0) is 9.59 Å². The van der Waals surface area contributed by atoms with Crippen molar-refractivity contribution in [1.29, 1.82) is 0 Å². The lowest BCUT2D eigenvalue weighted by molar-refractivity contribution is -0.145. The van der Waals surface area contributed by atoms with E-state index in [9.17, 15) is 9.59 Å². The molecule has 0 unspecified atom stereocenters. The maximum Gasteiger partial charge on any atom is 0.313 e. The molecule has 1 aromatic rings. The third-order valence-corrected chi connectivity index (χ3v) is 3.48. The van der Waals surface area contributed by atoms with Gasteiger partial charge in [-0.2, -0.15) is 0 Å². The number of amides is 2. The zero-order valence-electron chi connectivity index (χ0n) is 15.0. The summed E-state index contributed by atoms with van der Waals surface area (Å²) in [6.07, 6.45) is 0. The molecule has 1 N–H and O–H groups in total. The molecule has 0 heterocycles. The number of anilines is 2. The van der Waals surface area contributed by atoms with Crippen LogP contribution in [0.3, 0.4) is 0 Å². The van der Waals surface area contributed by atoms with E-state index >= 15 is 0 Å². The van der Waals surface area contributed by atoms with Crippen LogP contribution in [0.25, 0.3) is 0 Å². The van der Waals surface area contributed by atoms with E-state index < -0.39 is 11.8 Å². The number of hydrogen-bond acceptors (Lipinski definition) is 4. The van der Waals surface area contributed by atoms with Crippen molar-refractivity contribution in [2.75, 3.05) is 31.4 Å². The van der Waals surface area contributed by atoms with Crippen LogP contribution in [-0.4, -0.2) is 50.0 Å². The van der Waals surface area contributed by atoms with Gasteiger partial charge in [0.25, 0.3) is 0 Å². The van der Waals surface area contributed by atoms with Crippen LogP contribution >= 0.6 is 0 Å². The van der Waals surface area contributed by atoms with Crippen molar-refractivity contribution in [3.8, 4) is 5.75 Å². The van der Waals surface area contributed by atoms with Crippen molar-refractivity contribution >= 4 is 23.2 Å². The highest BCUT2D eigenvalue weighted by Crippen LogP contribution is 2.29. The number of methoxy groups -OCH3 is 1. The topological polar surface area (TPSA) is 61.9 Å². The molecule has 23 heavy (non-hydrogen) atoms. The molecule has 0 atom stereocenters. The van der Waals surface area contributed by atoms with Crippen molar-refractivity contribution in [3.05, 3.63) is 18.2 Å². The van der Waals surface area contributed by atoms with E-state index in [-0.39, 0.29) is 12.1 Å². The minimum Gasteiger partial charge on any atom is -0.497 e. The molecule has 0 radical (unpaired) electrons. The predicted molar refractivity (Wildman–Crippen MR) is 93.1 cm³/mol. The second-order valence-electron chi connectivity index (χ2n) is 6.13. The van der Waals surface area contributed by atoms with Crippen LogP contribution in [0.5, 0.6) is 5.75 Å². The second-order valence-corrected chi connectivity index (χ2v) is 6.13. The number of ether oxygens (including phenoxy) is 1. The molecular formula is C17H27N3O3. The van der Waals surface area contributed by atoms with Crippen molar-refractivity contribution < 1.29 is 14.3 Å². The van der Waals surface area contributed by atoms with Gasteiger partial charge in [-0.25, -0.2) is 0 Å². The maximum atomic E-state index is 12.4. The summed E-state index contributed by atoms with van der Waals surface area (Å²) in [4.78, 5) is 28.2. The average Bonchev–Trinajstić information content (AvgIpc) is 2.46. The van der Waals surface area contributed by atoms with E-state index in [4.69, 9.17) is 4.74 Å². The normalized spacial score (nSPS) is 10.7. The van der Waals surface area contributed by atoms with Crippen LogP contribution < -0.4 is 15.0 Å². The molecule has 0 fully saturated rings. The molecule has 0 bridgehead atoms. The first-order valence-corrected chi connectivity index (χ1v) is 7.68. The van der Waals surface area contributed by atoms with Crippen LogP contribution in [0, 0.1) is 0 Å². The molecule has 1 aromatic carbocycles. The third kappa shape index (κ3) is 4.61. The lowest BCUT2D eigenvalue weighted by Crippen LogP contribution is -2.47. The molecule has 0 aliphatic rings. The zero-order valence-corrected chi connectivity index (χ0v) is 15.0. The van der Waals surface area contributed by atoms with E-state index in [1.54, 1.807) is 24.1 Å². The minimum atomic E-state index is -0.638. The highest BCUT2D eigenvalue weighted by Gasteiger charge is 2.27. The highest BCUT2D eigenvalue weighted by atomic mass is 16.5. The number of carbonyl (C=O) groups excluding carboxylic acids is 2. The SMILES string of the molecule is COc1ccc(NC(=O)C(=O)N(C(C)C)C(C)C)c(N(C)C)c1. The Labute approximate surface area is 138 Å². The molecule has 0 aromatic heterocycles. The Kier molecular flexibility index (Phi) is 6.42. The molecule has 6 nitrogen and oxygen atoms in total. The Morgan fingerprint density at radius 1 is 1.09 bits per heavy atom. The fraction of sp³-hybridized carbons (Fsp3) is 0.529. The first-order chi connectivity index (χ1) is 10.7. The number of nitrogens with zero attached hydrogens (tertiary/aromatic N) is 2. The van der Waals surface area contributed by atoms with Gasteiger partial charge in [0.05, 0.1) is 18.5 Å². The van der Waals surface area contributed by atoms with Crippen molar-refractivity contribution in [3.63, 3.8) is 0 Å². The summed E-state index contributed by atoms with van der Waals surface area (Å²) in [5, 5.41) is 2.71. The monoisotopic (exact) mass is 321 g/mol. The molecule has 128 valence electrons. The summed E-state index contributed by atoms with van der Waals surface area (Å²) in [5.74, 6) is -0.486. The lowest BCUT2D eigenvalue weighted by atomic mass is 10.2. The lowest BCUT2D eigenvalue weighted by Gasteiger charge is -2.30. The van der Waals surface area contributed by atoms with Gasteiger partial charge >= 0.3 is 11.8 Å². The van der Waals surface area contributed by atoms with E-state index in [2.05, 4.69) is 5.32 Å². The van der Waals surface area contributed by atoms with Gasteiger partial charge in [0, 0.05) is 32.2 Å². The number of rotatable bonds is 5. The molecule has 0 aliphatic heterocycles. The first kappa shape index (κ1) is 18.8. The van der Waals surface area contributed by atoms with Crippen LogP contribution in [0.1, 0.15) is 27.7 Å². The summed E-state index contributed by atoms with van der Waals surface area (Å²) in [6, 6.07) is 5.20. The van der Waals surface area contributed by atoms with Gasteiger partial charge in [0.15, 0.2) is 0 Å². The average molecular weight is 321 g/mol. The molecule has 0 saturated carbocycles. The summed E-state index contributed by atoms with van der Waals surface area (Å²) >= 11 is 0. The van der Waals surface area contributed by atoms with Crippen LogP contribution in [0.15, 0.2) is 18.2 Å². The maximum absolute atomic E-state index is 12.4. The molecule has 6 heteroatoms. The summed E-state index contributed by atoms with van der Waals surface area (Å²) in [5.41, 5.74) is 1.34. The molecule has 0 aliphatic carbocycles. The van der Waals surface area contributed by atoms with E-state index in [1.165, 1.54) is 0 Å². The fourth-order valence-corrected chi connectivity index (χ4v) is 2.47. The van der Waals surface area contributed by atoms with Gasteiger partial charge in [-0.05, 0) is 39.8 Å². The van der Waals surface area contributed by atoms with Crippen molar-refractivity contribution in [1.82, 2.24) is 4.90 Å². The summed E-state index contributed by atoms with van der Waals surface area (Å²) in [6.45, 7) is 7.57. The Hall–Kier alpha value is -2.24. The molecular weight excluding hydrogens is 294 g/mol. The largest absolute Gasteiger partial charge is 0.497 e. The highest BCUT2D eigenvalue weighted by molar-refractivity contribution is 6.40. The number of nitrogens with one attached hydrogen (secondary N) is 1. The van der Waals surface area contributed by atoms with Gasteiger partial charge in [-0.3, -0.25) is 9.59 Å². The van der Waals surface area contributed by atoms with Gasteiger partial charge in [0.1, 0.15) is 5.75 Å². The second kappa shape index (κ2) is 7.85. The molecule has 2 amide bonds. The third-order valence-electron chi connectivity index (χ3n) is 3.48. The van der Waals surface area contributed by atoms with Gasteiger partial charge in [0.2, 0.25) is 0 Å². The fourth-order valence-electron chi connectivity index (χ4n) is 2.47. The van der Waals surface area contributed by atoms with Crippen molar-refractivity contribution in [2.24, 2.45) is 0 Å². The van der Waals surface area contributed by atoms with Gasteiger partial charge in [-0.15, -0.1) is 0 Å². The van der Waals surface area contributed by atoms with E-state index in [1.807, 2.05) is 52.8 Å². The number of hydrogen-bond donors (Lipinski definition) is 1. The summed E-state index contributed by atoms with van der Waals surface area (Å²) < 4.78 is 5.20. The van der Waals surface area contributed by atoms with Crippen molar-refractivity contribution in [2.45, 2.75) is 39.8 Å². The molecule has 0 spiro atoms. The zero-order chi connectivity index (χ0) is 17.7. The molecule has 1 rings (SSSR count). The standard InChI is InChI=1S/C17H27N3O3/c1-11(2)20(12(3)4)17(22)16(21)18-14-9-8-13(23-7)10-15(14)19(5)6/h8-12H,1-7H3,(H,18,21). The molecule has 0 saturated heterocycles. The predicted octanol–water partition coefficient (Wildman–Crippen LogP) is 2.35. The van der Waals surface area contributed by atoms with Crippen LogP contribution in [0.4, 0.5) is 11.4 Å². The van der Waals surface area contributed by atoms with E-state index in [0.29, 0.717) is 11.4 Å². The Bertz CT molecular complexity index is 560. The Balaban J connectivity index is 3.03. The van der Waals surface area contributed by atoms with Crippen LogP contribution in [0.2, 0.25) is 0 Å².